The molecular formula is C15H13Cl2NO. The Morgan fingerprint density at radius 1 is 1.05 bits per heavy atom. The van der Waals surface area contributed by atoms with Crippen molar-refractivity contribution in [2.75, 3.05) is 7.11 Å². The first-order valence-electron chi connectivity index (χ1n) is 5.74. The van der Waals surface area contributed by atoms with E-state index in [1.807, 2.05) is 37.3 Å². The number of nitrogens with zero attached hydrogens (tertiary/aromatic N) is 1. The topological polar surface area (TPSA) is 21.6 Å². The minimum atomic E-state index is 0.563. The monoisotopic (exact) mass is 293 g/mol. The van der Waals surface area contributed by atoms with Crippen molar-refractivity contribution in [2.45, 2.75) is 6.92 Å². The second-order valence-electron chi connectivity index (χ2n) is 4.09. The molecule has 0 fully saturated rings. The van der Waals surface area contributed by atoms with Crippen LogP contribution in [0.1, 0.15) is 11.1 Å². The molecule has 2 nitrogen and oxygen atoms in total. The van der Waals surface area contributed by atoms with E-state index in [-0.39, 0.29) is 0 Å². The molecule has 0 amide bonds. The van der Waals surface area contributed by atoms with Gasteiger partial charge >= 0.3 is 0 Å². The van der Waals surface area contributed by atoms with Crippen LogP contribution in [0.3, 0.4) is 0 Å². The van der Waals surface area contributed by atoms with Gasteiger partial charge in [-0.1, -0.05) is 29.3 Å². The van der Waals surface area contributed by atoms with E-state index < -0.39 is 0 Å². The van der Waals surface area contributed by atoms with Crippen LogP contribution in [0.2, 0.25) is 10.0 Å². The van der Waals surface area contributed by atoms with Crippen LogP contribution in [-0.4, -0.2) is 13.3 Å². The summed E-state index contributed by atoms with van der Waals surface area (Å²) in [6, 6.07) is 11.2. The SMILES string of the molecule is COc1ccc(C=Nc2ccc(C)c(Cl)c2)cc1Cl. The fourth-order valence-electron chi connectivity index (χ4n) is 1.57. The molecule has 0 radical (unpaired) electrons. The predicted molar refractivity (Wildman–Crippen MR) is 81.4 cm³/mol. The zero-order chi connectivity index (χ0) is 13.8. The zero-order valence-corrected chi connectivity index (χ0v) is 12.2. The normalized spacial score (nSPS) is 10.9. The van der Waals surface area contributed by atoms with Gasteiger partial charge in [-0.3, -0.25) is 4.99 Å². The summed E-state index contributed by atoms with van der Waals surface area (Å²) in [6.07, 6.45) is 1.74. The van der Waals surface area contributed by atoms with Crippen molar-refractivity contribution >= 4 is 35.1 Å². The van der Waals surface area contributed by atoms with Gasteiger partial charge in [0.05, 0.1) is 17.8 Å². The minimum Gasteiger partial charge on any atom is -0.495 e. The molecule has 19 heavy (non-hydrogen) atoms. The Morgan fingerprint density at radius 3 is 2.47 bits per heavy atom. The summed E-state index contributed by atoms with van der Waals surface area (Å²) in [4.78, 5) is 4.37. The fourth-order valence-corrected chi connectivity index (χ4v) is 2.01. The fraction of sp³-hybridized carbons (Fsp3) is 0.133. The van der Waals surface area contributed by atoms with Crippen LogP contribution in [0.25, 0.3) is 0 Å². The van der Waals surface area contributed by atoms with E-state index in [0.717, 1.165) is 16.8 Å². The van der Waals surface area contributed by atoms with Crippen LogP contribution in [0, 0.1) is 6.92 Å². The van der Waals surface area contributed by atoms with Gasteiger partial charge in [-0.2, -0.15) is 0 Å². The molecule has 0 atom stereocenters. The first-order valence-corrected chi connectivity index (χ1v) is 6.49. The Kier molecular flexibility index (Phi) is 4.46. The van der Waals surface area contributed by atoms with Crippen LogP contribution in [-0.2, 0) is 0 Å². The van der Waals surface area contributed by atoms with Crippen LogP contribution in [0.4, 0.5) is 5.69 Å². The Bertz CT molecular complexity index is 624. The molecule has 2 aromatic rings. The van der Waals surface area contributed by atoms with Gasteiger partial charge in [-0.25, -0.2) is 0 Å². The molecule has 0 spiro atoms. The van der Waals surface area contributed by atoms with E-state index >= 15 is 0 Å². The molecule has 98 valence electrons. The van der Waals surface area contributed by atoms with E-state index in [4.69, 9.17) is 27.9 Å². The summed E-state index contributed by atoms with van der Waals surface area (Å²) in [5.41, 5.74) is 2.75. The molecule has 0 aliphatic heterocycles. The number of ether oxygens (including phenoxy) is 1. The molecule has 0 N–H and O–H groups in total. The van der Waals surface area contributed by atoms with Crippen LogP contribution in [0.5, 0.6) is 5.75 Å². The first kappa shape index (κ1) is 13.9. The second-order valence-corrected chi connectivity index (χ2v) is 4.90. The lowest BCUT2D eigenvalue weighted by Crippen LogP contribution is -1.86. The summed E-state index contributed by atoms with van der Waals surface area (Å²) in [5.74, 6) is 0.650. The number of aliphatic imine (C=N–C) groups is 1. The van der Waals surface area contributed by atoms with E-state index in [2.05, 4.69) is 4.99 Å². The van der Waals surface area contributed by atoms with E-state index in [1.54, 1.807) is 19.4 Å². The molecule has 0 heterocycles. The average molecular weight is 294 g/mol. The molecule has 0 aromatic heterocycles. The van der Waals surface area contributed by atoms with Gasteiger partial charge in [0, 0.05) is 11.2 Å². The smallest absolute Gasteiger partial charge is 0.137 e. The molecule has 0 saturated heterocycles. The quantitative estimate of drug-likeness (QED) is 0.725. The van der Waals surface area contributed by atoms with E-state index in [1.165, 1.54) is 0 Å². The Labute approximate surface area is 122 Å². The standard InChI is InChI=1S/C15H13Cl2NO/c1-10-3-5-12(8-13(10)16)18-9-11-4-6-15(19-2)14(17)7-11/h3-9H,1-2H3. The molecule has 0 saturated carbocycles. The lowest BCUT2D eigenvalue weighted by Gasteiger charge is -2.03. The maximum absolute atomic E-state index is 6.05. The molecule has 2 aromatic carbocycles. The maximum atomic E-state index is 6.05. The van der Waals surface area contributed by atoms with Crippen molar-refractivity contribution < 1.29 is 4.74 Å². The third-order valence-corrected chi connectivity index (χ3v) is 3.40. The molecule has 0 bridgehead atoms. The Balaban J connectivity index is 2.22. The molecule has 0 unspecified atom stereocenters. The summed E-state index contributed by atoms with van der Waals surface area (Å²) in [5, 5.41) is 1.27. The molecule has 4 heteroatoms. The van der Waals surface area contributed by atoms with Crippen molar-refractivity contribution in [3.05, 3.63) is 57.6 Å². The van der Waals surface area contributed by atoms with E-state index in [9.17, 15) is 0 Å². The number of methoxy groups -OCH3 is 1. The van der Waals surface area contributed by atoms with Crippen LogP contribution < -0.4 is 4.74 Å². The van der Waals surface area contributed by atoms with Gasteiger partial charge in [-0.15, -0.1) is 0 Å². The van der Waals surface area contributed by atoms with Crippen molar-refractivity contribution in [1.82, 2.24) is 0 Å². The highest BCUT2D eigenvalue weighted by Gasteiger charge is 2.00. The Morgan fingerprint density at radius 2 is 1.84 bits per heavy atom. The number of hydrogen-bond donors (Lipinski definition) is 0. The van der Waals surface area contributed by atoms with Crippen LogP contribution in [0.15, 0.2) is 41.4 Å². The molecular weight excluding hydrogens is 281 g/mol. The highest BCUT2D eigenvalue weighted by Crippen LogP contribution is 2.25. The average Bonchev–Trinajstić information content (AvgIpc) is 2.40. The predicted octanol–water partition coefficient (Wildman–Crippen LogP) is 5.06. The highest BCUT2D eigenvalue weighted by atomic mass is 35.5. The second kappa shape index (κ2) is 6.09. The number of benzene rings is 2. The van der Waals surface area contributed by atoms with Gasteiger partial charge in [-0.05, 0) is 48.4 Å². The van der Waals surface area contributed by atoms with E-state index in [0.29, 0.717) is 15.8 Å². The van der Waals surface area contributed by atoms with Gasteiger partial charge in [0.25, 0.3) is 0 Å². The maximum Gasteiger partial charge on any atom is 0.137 e. The number of rotatable bonds is 3. The summed E-state index contributed by atoms with van der Waals surface area (Å²) in [6.45, 7) is 1.96. The van der Waals surface area contributed by atoms with Crippen LogP contribution >= 0.6 is 23.2 Å². The minimum absolute atomic E-state index is 0.563. The van der Waals surface area contributed by atoms with Crippen molar-refractivity contribution in [2.24, 2.45) is 4.99 Å². The third-order valence-electron chi connectivity index (χ3n) is 2.69. The van der Waals surface area contributed by atoms with Gasteiger partial charge < -0.3 is 4.74 Å². The van der Waals surface area contributed by atoms with Gasteiger partial charge in [0.1, 0.15) is 5.75 Å². The zero-order valence-electron chi connectivity index (χ0n) is 10.7. The molecule has 2 rings (SSSR count). The molecule has 0 aliphatic carbocycles. The number of halogens is 2. The summed E-state index contributed by atoms with van der Waals surface area (Å²) < 4.78 is 5.10. The third kappa shape index (κ3) is 3.49. The lowest BCUT2D eigenvalue weighted by molar-refractivity contribution is 0.415. The van der Waals surface area contributed by atoms with Gasteiger partial charge in [0.15, 0.2) is 0 Å². The number of hydrogen-bond acceptors (Lipinski definition) is 2. The summed E-state index contributed by atoms with van der Waals surface area (Å²) in [7, 11) is 1.59. The van der Waals surface area contributed by atoms with Crippen molar-refractivity contribution in [3.63, 3.8) is 0 Å². The summed E-state index contributed by atoms with van der Waals surface area (Å²) >= 11 is 12.1. The largest absolute Gasteiger partial charge is 0.495 e. The van der Waals surface area contributed by atoms with Gasteiger partial charge in [0.2, 0.25) is 0 Å². The van der Waals surface area contributed by atoms with Crippen molar-refractivity contribution in [3.8, 4) is 5.75 Å². The Hall–Kier alpha value is -1.51. The first-order chi connectivity index (χ1) is 9.10. The highest BCUT2D eigenvalue weighted by molar-refractivity contribution is 6.32. The molecule has 0 aliphatic rings. The lowest BCUT2D eigenvalue weighted by atomic mass is 10.2. The van der Waals surface area contributed by atoms with Crippen molar-refractivity contribution in [1.29, 1.82) is 0 Å². The number of aryl methyl sites for hydroxylation is 1.